The first-order chi connectivity index (χ1) is 16.4. The minimum atomic E-state index is -3.72. The largest absolute Gasteiger partial charge is 0.492 e. The maximum atomic E-state index is 12.9. The Morgan fingerprint density at radius 1 is 1.06 bits per heavy atom. The quantitative estimate of drug-likeness (QED) is 0.264. The minimum Gasteiger partial charge on any atom is -0.492 e. The predicted octanol–water partition coefficient (Wildman–Crippen LogP) is 6.22. The Morgan fingerprint density at radius 2 is 1.85 bits per heavy atom. The Labute approximate surface area is 212 Å². The molecule has 0 atom stereocenters. The molecule has 0 radical (unpaired) electrons. The van der Waals surface area contributed by atoms with Crippen molar-refractivity contribution in [2.75, 3.05) is 6.61 Å². The lowest BCUT2D eigenvalue weighted by Crippen LogP contribution is -2.23. The first-order valence-electron chi connectivity index (χ1n) is 10.7. The molecule has 3 aromatic carbocycles. The monoisotopic (exact) mass is 559 g/mol. The smallest absolute Gasteiger partial charge is 0.240 e. The summed E-state index contributed by atoms with van der Waals surface area (Å²) in [6, 6.07) is 21.7. The lowest BCUT2D eigenvalue weighted by molar-refractivity contribution is 0.317. The first-order valence-corrected chi connectivity index (χ1v) is 13.3. The average Bonchev–Trinajstić information content (AvgIpc) is 3.27. The van der Waals surface area contributed by atoms with Crippen LogP contribution in [0.1, 0.15) is 18.9 Å². The van der Waals surface area contributed by atoms with Crippen molar-refractivity contribution >= 4 is 37.6 Å². The first kappa shape index (κ1) is 24.5. The highest BCUT2D eigenvalue weighted by Gasteiger charge is 2.19. The van der Waals surface area contributed by atoms with Gasteiger partial charge in [-0.15, -0.1) is 0 Å². The minimum absolute atomic E-state index is 0.0583. The summed E-state index contributed by atoms with van der Waals surface area (Å²) >= 11 is 9.78. The molecule has 0 spiro atoms. The number of ether oxygens (including phenoxy) is 1. The van der Waals surface area contributed by atoms with Gasteiger partial charge in [-0.2, -0.15) is 5.10 Å². The third-order valence-electron chi connectivity index (χ3n) is 5.04. The second kappa shape index (κ2) is 10.7. The van der Waals surface area contributed by atoms with E-state index in [0.29, 0.717) is 33.1 Å². The molecule has 0 saturated carbocycles. The number of hydrogen-bond donors (Lipinski definition) is 1. The normalized spacial score (nSPS) is 11.5. The summed E-state index contributed by atoms with van der Waals surface area (Å²) in [6.07, 6.45) is 2.70. The number of halogens is 2. The molecule has 4 aromatic rings. The summed E-state index contributed by atoms with van der Waals surface area (Å²) in [4.78, 5) is 0.180. The van der Waals surface area contributed by atoms with Crippen molar-refractivity contribution in [3.63, 3.8) is 0 Å². The van der Waals surface area contributed by atoms with Crippen LogP contribution in [-0.4, -0.2) is 24.8 Å². The van der Waals surface area contributed by atoms with Crippen LogP contribution in [0.3, 0.4) is 0 Å². The van der Waals surface area contributed by atoms with Crippen LogP contribution in [0, 0.1) is 0 Å². The van der Waals surface area contributed by atoms with Crippen LogP contribution in [0.2, 0.25) is 5.02 Å². The third kappa shape index (κ3) is 5.70. The molecule has 0 fully saturated rings. The third-order valence-corrected chi connectivity index (χ3v) is 7.22. The zero-order valence-electron chi connectivity index (χ0n) is 18.4. The number of benzene rings is 3. The molecule has 0 saturated heterocycles. The Morgan fingerprint density at radius 3 is 2.56 bits per heavy atom. The van der Waals surface area contributed by atoms with Gasteiger partial charge in [0.05, 0.1) is 27.9 Å². The number of nitrogens with zero attached hydrogens (tertiary/aromatic N) is 2. The van der Waals surface area contributed by atoms with Crippen molar-refractivity contribution in [1.82, 2.24) is 14.5 Å². The van der Waals surface area contributed by atoms with Gasteiger partial charge in [0.1, 0.15) is 5.75 Å². The molecule has 0 aliphatic carbocycles. The summed E-state index contributed by atoms with van der Waals surface area (Å²) in [5.74, 6) is 0.603. The van der Waals surface area contributed by atoms with Crippen molar-refractivity contribution < 1.29 is 13.2 Å². The van der Waals surface area contributed by atoms with E-state index < -0.39 is 10.0 Å². The fourth-order valence-corrected chi connectivity index (χ4v) is 5.20. The fraction of sp³-hybridized carbons (Fsp3) is 0.160. The number of rotatable bonds is 9. The van der Waals surface area contributed by atoms with Gasteiger partial charge in [0, 0.05) is 28.3 Å². The van der Waals surface area contributed by atoms with Crippen molar-refractivity contribution in [2.45, 2.75) is 24.8 Å². The molecular formula is C25H23BrClN3O3S. The number of sulfonamides is 1. The molecular weight excluding hydrogens is 538 g/mol. The van der Waals surface area contributed by atoms with Gasteiger partial charge < -0.3 is 4.74 Å². The Balaban J connectivity index is 1.69. The molecule has 176 valence electrons. The molecule has 9 heteroatoms. The van der Waals surface area contributed by atoms with Crippen LogP contribution < -0.4 is 9.46 Å². The van der Waals surface area contributed by atoms with Gasteiger partial charge in [0.25, 0.3) is 0 Å². The topological polar surface area (TPSA) is 73.2 Å². The highest BCUT2D eigenvalue weighted by atomic mass is 79.9. The molecule has 1 aromatic heterocycles. The van der Waals surface area contributed by atoms with E-state index in [-0.39, 0.29) is 11.4 Å². The molecule has 1 heterocycles. The maximum Gasteiger partial charge on any atom is 0.240 e. The van der Waals surface area contributed by atoms with Crippen LogP contribution in [0.5, 0.6) is 5.75 Å². The zero-order valence-corrected chi connectivity index (χ0v) is 21.6. The lowest BCUT2D eigenvalue weighted by Gasteiger charge is -2.10. The lowest BCUT2D eigenvalue weighted by atomic mass is 10.1. The molecule has 0 amide bonds. The molecule has 0 aliphatic rings. The van der Waals surface area contributed by atoms with E-state index in [0.717, 1.165) is 17.7 Å². The second-order valence-electron chi connectivity index (χ2n) is 7.56. The van der Waals surface area contributed by atoms with Gasteiger partial charge >= 0.3 is 0 Å². The fourth-order valence-electron chi connectivity index (χ4n) is 3.36. The summed E-state index contributed by atoms with van der Waals surface area (Å²) in [7, 11) is -3.72. The Kier molecular flexibility index (Phi) is 7.73. The molecule has 0 unspecified atom stereocenters. The summed E-state index contributed by atoms with van der Waals surface area (Å²) in [5, 5.41) is 5.22. The van der Waals surface area contributed by atoms with Gasteiger partial charge in [-0.1, -0.05) is 58.7 Å². The summed E-state index contributed by atoms with van der Waals surface area (Å²) < 4.78 is 36.6. The Bertz CT molecular complexity index is 1390. The van der Waals surface area contributed by atoms with Gasteiger partial charge in [-0.25, -0.2) is 17.8 Å². The average molecular weight is 561 g/mol. The molecule has 34 heavy (non-hydrogen) atoms. The molecule has 0 bridgehead atoms. The van der Waals surface area contributed by atoms with Crippen molar-refractivity contribution in [2.24, 2.45) is 0 Å². The number of hydrogen-bond acceptors (Lipinski definition) is 4. The van der Waals surface area contributed by atoms with Gasteiger partial charge in [0.15, 0.2) is 0 Å². The highest BCUT2D eigenvalue weighted by Crippen LogP contribution is 2.32. The predicted molar refractivity (Wildman–Crippen MR) is 138 cm³/mol. The molecule has 0 aliphatic heterocycles. The van der Waals surface area contributed by atoms with E-state index >= 15 is 0 Å². The maximum absolute atomic E-state index is 12.9. The van der Waals surface area contributed by atoms with E-state index in [1.165, 1.54) is 0 Å². The van der Waals surface area contributed by atoms with Gasteiger partial charge in [-0.3, -0.25) is 0 Å². The zero-order chi connectivity index (χ0) is 24.1. The molecule has 1 N–H and O–H groups in total. The standard InChI is InChI=1S/C25H23BrClN3O3S/c1-2-13-33-24-12-11-18(14-23(24)27)25-19(17-30(29-25)21-8-4-3-5-9-21)16-28-34(31,32)22-10-6-7-20(26)15-22/h3-12,14-15,17,28H,2,13,16H2,1H3. The number of nitrogens with one attached hydrogen (secondary N) is 1. The van der Waals surface area contributed by atoms with E-state index in [1.807, 2.05) is 55.6 Å². The van der Waals surface area contributed by atoms with E-state index in [9.17, 15) is 8.42 Å². The second-order valence-corrected chi connectivity index (χ2v) is 10.6. The highest BCUT2D eigenvalue weighted by molar-refractivity contribution is 9.10. The summed E-state index contributed by atoms with van der Waals surface area (Å²) in [5.41, 5.74) is 2.96. The number of aromatic nitrogens is 2. The van der Waals surface area contributed by atoms with Gasteiger partial charge in [0.2, 0.25) is 10.0 Å². The van der Waals surface area contributed by atoms with Crippen LogP contribution in [-0.2, 0) is 16.6 Å². The van der Waals surface area contributed by atoms with Crippen molar-refractivity contribution in [1.29, 1.82) is 0 Å². The van der Waals surface area contributed by atoms with E-state index in [4.69, 9.17) is 21.4 Å². The van der Waals surface area contributed by atoms with E-state index in [2.05, 4.69) is 20.7 Å². The molecule has 4 rings (SSSR count). The van der Waals surface area contributed by atoms with Crippen LogP contribution in [0.4, 0.5) is 0 Å². The van der Waals surface area contributed by atoms with Crippen LogP contribution >= 0.6 is 27.5 Å². The van der Waals surface area contributed by atoms with Crippen LogP contribution in [0.25, 0.3) is 16.9 Å². The molecule has 6 nitrogen and oxygen atoms in total. The van der Waals surface area contributed by atoms with Crippen LogP contribution in [0.15, 0.2) is 88.4 Å². The SMILES string of the molecule is CCCOc1ccc(-c2nn(-c3ccccc3)cc2CNS(=O)(=O)c2cccc(Br)c2)cc1Cl. The van der Waals surface area contributed by atoms with Crippen molar-refractivity contribution in [3.8, 4) is 22.7 Å². The number of para-hydroxylation sites is 1. The Hall–Kier alpha value is -2.65. The van der Waals surface area contributed by atoms with E-state index in [1.54, 1.807) is 35.0 Å². The summed E-state index contributed by atoms with van der Waals surface area (Å²) in [6.45, 7) is 2.66. The van der Waals surface area contributed by atoms with Crippen molar-refractivity contribution in [3.05, 3.63) is 94.1 Å². The van der Waals surface area contributed by atoms with Gasteiger partial charge in [-0.05, 0) is 55.0 Å².